The summed E-state index contributed by atoms with van der Waals surface area (Å²) in [6.45, 7) is 0. The molecule has 0 radical (unpaired) electrons. The summed E-state index contributed by atoms with van der Waals surface area (Å²) < 4.78 is 10.6. The number of carbonyl (C=O) groups is 1. The number of aromatic carboxylic acids is 1. The number of rotatable bonds is 3. The number of anilines is 1. The smallest absolute Gasteiger partial charge is 0.427 e. The van der Waals surface area contributed by atoms with Gasteiger partial charge < -0.3 is 14.9 Å². The van der Waals surface area contributed by atoms with Crippen LogP contribution in [0.5, 0.6) is 0 Å². The van der Waals surface area contributed by atoms with Crippen molar-refractivity contribution in [3.8, 4) is 0 Å². The van der Waals surface area contributed by atoms with Crippen LogP contribution in [0.3, 0.4) is 0 Å². The molecule has 0 saturated heterocycles. The van der Waals surface area contributed by atoms with Crippen LogP contribution >= 0.6 is 7.75 Å². The Labute approximate surface area is 79.4 Å². The van der Waals surface area contributed by atoms with E-state index in [-0.39, 0.29) is 11.3 Å². The predicted molar refractivity (Wildman–Crippen MR) is 49.1 cm³/mol. The van der Waals surface area contributed by atoms with Crippen molar-refractivity contribution >= 4 is 19.4 Å². The highest BCUT2D eigenvalue weighted by atomic mass is 31.2. The zero-order valence-electron chi connectivity index (χ0n) is 6.91. The van der Waals surface area contributed by atoms with Crippen LogP contribution in [0, 0.1) is 0 Å². The Hall–Kier alpha value is -1.36. The number of nitrogens with one attached hydrogen (secondary N) is 1. The van der Waals surface area contributed by atoms with Gasteiger partial charge in [-0.15, -0.1) is 0 Å². The quantitative estimate of drug-likeness (QED) is 0.560. The Kier molecular flexibility index (Phi) is 2.90. The third-order valence-electron chi connectivity index (χ3n) is 1.42. The minimum Gasteiger partial charge on any atom is -0.478 e. The Bertz CT molecular complexity index is 399. The van der Waals surface area contributed by atoms with Crippen molar-refractivity contribution in [2.24, 2.45) is 0 Å². The van der Waals surface area contributed by atoms with Gasteiger partial charge in [0.2, 0.25) is 0 Å². The fourth-order valence-electron chi connectivity index (χ4n) is 0.924. The van der Waals surface area contributed by atoms with E-state index in [4.69, 9.17) is 14.9 Å². The van der Waals surface area contributed by atoms with Gasteiger partial charge in [-0.1, -0.05) is 12.1 Å². The van der Waals surface area contributed by atoms with Crippen molar-refractivity contribution in [2.75, 3.05) is 5.09 Å². The van der Waals surface area contributed by atoms with Crippen molar-refractivity contribution < 1.29 is 24.3 Å². The number of benzene rings is 1. The maximum absolute atomic E-state index is 10.6. The van der Waals surface area contributed by atoms with Gasteiger partial charge in [-0.3, -0.25) is 5.09 Å². The molecule has 0 aliphatic rings. The summed E-state index contributed by atoms with van der Waals surface area (Å²) in [5.41, 5.74) is -0.288. The first-order valence-electron chi connectivity index (χ1n) is 3.56. The lowest BCUT2D eigenvalue weighted by Crippen LogP contribution is -2.03. The molecule has 0 aliphatic heterocycles. The van der Waals surface area contributed by atoms with Gasteiger partial charge in [0.1, 0.15) is 0 Å². The molecule has 0 unspecified atom stereocenters. The summed E-state index contributed by atoms with van der Waals surface area (Å²) in [6.07, 6.45) is 0. The molecule has 76 valence electrons. The Morgan fingerprint density at radius 3 is 2.36 bits per heavy atom. The molecule has 0 aromatic heterocycles. The zero-order chi connectivity index (χ0) is 10.8. The SMILES string of the molecule is O=C(O)c1ccccc1NP(=O)(O)O. The number of para-hydroxylation sites is 1. The van der Waals surface area contributed by atoms with E-state index in [1.165, 1.54) is 24.3 Å². The normalized spacial score (nSPS) is 11.0. The van der Waals surface area contributed by atoms with E-state index < -0.39 is 13.7 Å². The minimum absolute atomic E-state index is 0.103. The van der Waals surface area contributed by atoms with Gasteiger partial charge in [-0.25, -0.2) is 9.36 Å². The fraction of sp³-hybridized carbons (Fsp3) is 0. The highest BCUT2D eigenvalue weighted by Gasteiger charge is 2.17. The van der Waals surface area contributed by atoms with E-state index in [0.29, 0.717) is 0 Å². The molecular formula is C7H8NO5P. The summed E-state index contributed by atoms with van der Waals surface area (Å²) in [5.74, 6) is -1.25. The van der Waals surface area contributed by atoms with Crippen LogP contribution < -0.4 is 5.09 Å². The lowest BCUT2D eigenvalue weighted by molar-refractivity contribution is 0.0698. The van der Waals surface area contributed by atoms with Crippen LogP contribution in [0.2, 0.25) is 0 Å². The molecule has 0 fully saturated rings. The average molecular weight is 217 g/mol. The second-order valence-corrected chi connectivity index (χ2v) is 3.82. The van der Waals surface area contributed by atoms with Crippen molar-refractivity contribution in [2.45, 2.75) is 0 Å². The monoisotopic (exact) mass is 217 g/mol. The zero-order valence-corrected chi connectivity index (χ0v) is 7.81. The van der Waals surface area contributed by atoms with Gasteiger partial charge in [-0.2, -0.15) is 0 Å². The van der Waals surface area contributed by atoms with Crippen LogP contribution in [0.4, 0.5) is 5.69 Å². The number of carboxylic acids is 1. The second-order valence-electron chi connectivity index (χ2n) is 2.51. The molecule has 14 heavy (non-hydrogen) atoms. The maximum atomic E-state index is 10.6. The lowest BCUT2D eigenvalue weighted by atomic mass is 10.2. The van der Waals surface area contributed by atoms with Gasteiger partial charge in [0, 0.05) is 0 Å². The van der Waals surface area contributed by atoms with Crippen molar-refractivity contribution in [3.63, 3.8) is 0 Å². The minimum atomic E-state index is -4.47. The Morgan fingerprint density at radius 1 is 1.29 bits per heavy atom. The molecule has 1 aromatic rings. The molecule has 1 aromatic carbocycles. The van der Waals surface area contributed by atoms with Crippen LogP contribution in [0.25, 0.3) is 0 Å². The summed E-state index contributed by atoms with van der Waals surface area (Å²) in [7, 11) is -4.47. The fourth-order valence-corrected chi connectivity index (χ4v) is 1.43. The number of hydrogen-bond acceptors (Lipinski definition) is 2. The largest absolute Gasteiger partial charge is 0.478 e. The van der Waals surface area contributed by atoms with E-state index in [0.717, 1.165) is 0 Å². The summed E-state index contributed by atoms with van der Waals surface area (Å²) in [5, 5.41) is 10.5. The summed E-state index contributed by atoms with van der Waals surface area (Å²) in [6, 6.07) is 5.47. The lowest BCUT2D eigenvalue weighted by Gasteiger charge is -2.09. The van der Waals surface area contributed by atoms with Gasteiger partial charge in [0.25, 0.3) is 0 Å². The van der Waals surface area contributed by atoms with Gasteiger partial charge >= 0.3 is 13.7 Å². The van der Waals surface area contributed by atoms with E-state index in [1.807, 2.05) is 5.09 Å². The Balaban J connectivity index is 3.08. The number of carboxylic acid groups (broad SMARTS) is 1. The highest BCUT2D eigenvalue weighted by molar-refractivity contribution is 7.53. The molecule has 7 heteroatoms. The van der Waals surface area contributed by atoms with Gasteiger partial charge in [-0.05, 0) is 12.1 Å². The molecular weight excluding hydrogens is 209 g/mol. The maximum Gasteiger partial charge on any atom is 0.427 e. The molecule has 0 atom stereocenters. The first-order chi connectivity index (χ1) is 6.40. The topological polar surface area (TPSA) is 107 Å². The first kappa shape index (κ1) is 10.7. The van der Waals surface area contributed by atoms with E-state index in [2.05, 4.69) is 0 Å². The van der Waals surface area contributed by atoms with E-state index in [9.17, 15) is 9.36 Å². The predicted octanol–water partition coefficient (Wildman–Crippen LogP) is 0.889. The Morgan fingerprint density at radius 2 is 1.86 bits per heavy atom. The summed E-state index contributed by atoms with van der Waals surface area (Å²) >= 11 is 0. The van der Waals surface area contributed by atoms with Crippen LogP contribution in [-0.4, -0.2) is 20.9 Å². The third-order valence-corrected chi connectivity index (χ3v) is 1.96. The molecule has 1 rings (SSSR count). The summed E-state index contributed by atoms with van der Waals surface area (Å²) in [4.78, 5) is 27.8. The second kappa shape index (κ2) is 3.79. The molecule has 0 amide bonds. The molecule has 6 nitrogen and oxygen atoms in total. The first-order valence-corrected chi connectivity index (χ1v) is 5.17. The molecule has 0 aliphatic carbocycles. The average Bonchev–Trinajstić information content (AvgIpc) is 2.01. The van der Waals surface area contributed by atoms with Crippen LogP contribution in [-0.2, 0) is 4.57 Å². The van der Waals surface area contributed by atoms with E-state index in [1.54, 1.807) is 0 Å². The molecule has 4 N–H and O–H groups in total. The third kappa shape index (κ3) is 2.85. The van der Waals surface area contributed by atoms with E-state index >= 15 is 0 Å². The van der Waals surface area contributed by atoms with Crippen LogP contribution in [0.1, 0.15) is 10.4 Å². The molecule has 0 spiro atoms. The standard InChI is InChI=1S/C7H8NO5P/c9-7(10)5-3-1-2-4-6(5)8-14(11,12)13/h1-4H,(H,9,10)(H3,8,11,12,13). The van der Waals surface area contributed by atoms with Crippen molar-refractivity contribution in [1.29, 1.82) is 0 Å². The van der Waals surface area contributed by atoms with Gasteiger partial charge in [0.15, 0.2) is 0 Å². The highest BCUT2D eigenvalue weighted by Crippen LogP contribution is 2.36. The van der Waals surface area contributed by atoms with Gasteiger partial charge in [0.05, 0.1) is 11.3 Å². The molecule has 0 saturated carbocycles. The number of hydrogen-bond donors (Lipinski definition) is 4. The molecule has 0 heterocycles. The van der Waals surface area contributed by atoms with Crippen LogP contribution in [0.15, 0.2) is 24.3 Å². The van der Waals surface area contributed by atoms with Crippen molar-refractivity contribution in [3.05, 3.63) is 29.8 Å². The molecule has 0 bridgehead atoms. The van der Waals surface area contributed by atoms with Crippen molar-refractivity contribution in [1.82, 2.24) is 0 Å².